The van der Waals surface area contributed by atoms with Gasteiger partial charge in [-0.25, -0.2) is 4.98 Å². The minimum absolute atomic E-state index is 0.241. The first kappa shape index (κ1) is 12.8. The van der Waals surface area contributed by atoms with Crippen molar-refractivity contribution in [2.75, 3.05) is 19.8 Å². The Morgan fingerprint density at radius 1 is 1.10 bits per heavy atom. The largest absolute Gasteiger partial charge is 0.493 e. The Kier molecular flexibility index (Phi) is 3.35. The number of hydrogen-bond acceptors (Lipinski definition) is 4. The Balaban J connectivity index is 1.51. The number of nitrogens with one attached hydrogen (secondary N) is 1. The summed E-state index contributed by atoms with van der Waals surface area (Å²) in [6, 6.07) is 8.20. The van der Waals surface area contributed by atoms with E-state index in [0.717, 1.165) is 49.9 Å². The predicted molar refractivity (Wildman–Crippen MR) is 77.6 cm³/mol. The summed E-state index contributed by atoms with van der Waals surface area (Å²) in [6.45, 7) is 2.29. The molecule has 0 radical (unpaired) electrons. The van der Waals surface area contributed by atoms with E-state index in [1.807, 2.05) is 12.1 Å². The second-order valence-corrected chi connectivity index (χ2v) is 5.79. The Hall–Kier alpha value is -1.88. The van der Waals surface area contributed by atoms with Gasteiger partial charge in [-0.05, 0) is 30.9 Å². The van der Waals surface area contributed by atoms with Gasteiger partial charge in [0.25, 0.3) is 0 Å². The highest BCUT2D eigenvalue weighted by molar-refractivity contribution is 5.36. The first-order valence-electron chi connectivity index (χ1n) is 7.61. The maximum Gasteiger partial charge on any atom is 0.157 e. The maximum atomic E-state index is 5.83. The summed E-state index contributed by atoms with van der Waals surface area (Å²) < 4.78 is 11.2. The number of aromatic nitrogens is 3. The van der Waals surface area contributed by atoms with Gasteiger partial charge in [0.1, 0.15) is 11.6 Å². The number of aromatic amines is 1. The first-order chi connectivity index (χ1) is 10.4. The minimum atomic E-state index is 0.241. The van der Waals surface area contributed by atoms with Gasteiger partial charge >= 0.3 is 0 Å². The number of benzene rings is 1. The Morgan fingerprint density at radius 2 is 1.95 bits per heavy atom. The van der Waals surface area contributed by atoms with Crippen LogP contribution >= 0.6 is 0 Å². The van der Waals surface area contributed by atoms with Crippen LogP contribution in [0.4, 0.5) is 0 Å². The third kappa shape index (κ3) is 2.53. The Bertz CT molecular complexity index is 619. The van der Waals surface area contributed by atoms with Crippen molar-refractivity contribution in [2.45, 2.75) is 31.1 Å². The molecule has 2 aliphatic heterocycles. The molecular formula is C16H19N3O2. The van der Waals surface area contributed by atoms with Crippen molar-refractivity contribution in [3.8, 4) is 5.75 Å². The third-order valence-corrected chi connectivity index (χ3v) is 4.37. The molecule has 1 fully saturated rings. The van der Waals surface area contributed by atoms with Crippen LogP contribution in [0.1, 0.15) is 41.9 Å². The number of fused-ring (bicyclic) bond motifs is 1. The van der Waals surface area contributed by atoms with Gasteiger partial charge in [-0.15, -0.1) is 0 Å². The third-order valence-electron chi connectivity index (χ3n) is 4.37. The fourth-order valence-corrected chi connectivity index (χ4v) is 3.12. The summed E-state index contributed by atoms with van der Waals surface area (Å²) in [5.41, 5.74) is 1.24. The SMILES string of the molecule is c1ccc2c(c1)C[C@H](c1n[nH]c(C3CCOCC3)n1)CO2. The van der Waals surface area contributed by atoms with E-state index in [4.69, 9.17) is 14.5 Å². The fraction of sp³-hybridized carbons (Fsp3) is 0.500. The number of hydrogen-bond donors (Lipinski definition) is 1. The van der Waals surface area contributed by atoms with Crippen LogP contribution in [-0.4, -0.2) is 35.0 Å². The molecule has 0 bridgehead atoms. The summed E-state index contributed by atoms with van der Waals surface area (Å²) >= 11 is 0. The van der Waals surface area contributed by atoms with Crippen LogP contribution in [0.15, 0.2) is 24.3 Å². The van der Waals surface area contributed by atoms with Gasteiger partial charge in [0.05, 0.1) is 12.5 Å². The maximum absolute atomic E-state index is 5.83. The molecule has 0 amide bonds. The summed E-state index contributed by atoms with van der Waals surface area (Å²) in [7, 11) is 0. The number of nitrogens with zero attached hydrogens (tertiary/aromatic N) is 2. The van der Waals surface area contributed by atoms with Crippen LogP contribution in [0.5, 0.6) is 5.75 Å². The predicted octanol–water partition coefficient (Wildman–Crippen LogP) is 2.42. The smallest absolute Gasteiger partial charge is 0.157 e. The molecule has 0 saturated carbocycles. The van der Waals surface area contributed by atoms with Crippen LogP contribution < -0.4 is 4.74 Å². The monoisotopic (exact) mass is 285 g/mol. The molecule has 1 aromatic carbocycles. The van der Waals surface area contributed by atoms with Crippen LogP contribution in [0.2, 0.25) is 0 Å². The van der Waals surface area contributed by atoms with E-state index in [9.17, 15) is 0 Å². The van der Waals surface area contributed by atoms with Gasteiger partial charge < -0.3 is 9.47 Å². The number of H-pyrrole nitrogens is 1. The molecule has 110 valence electrons. The zero-order chi connectivity index (χ0) is 14.1. The molecule has 0 unspecified atom stereocenters. The van der Waals surface area contributed by atoms with Crippen LogP contribution in [0.3, 0.4) is 0 Å². The minimum Gasteiger partial charge on any atom is -0.493 e. The highest BCUT2D eigenvalue weighted by atomic mass is 16.5. The van der Waals surface area contributed by atoms with Crippen molar-refractivity contribution in [3.05, 3.63) is 41.5 Å². The van der Waals surface area contributed by atoms with Crippen LogP contribution in [0, 0.1) is 0 Å². The molecule has 1 N–H and O–H groups in total. The van der Waals surface area contributed by atoms with Crippen LogP contribution in [0.25, 0.3) is 0 Å². The van der Waals surface area contributed by atoms with Gasteiger partial charge in [-0.1, -0.05) is 18.2 Å². The van der Waals surface area contributed by atoms with E-state index >= 15 is 0 Å². The summed E-state index contributed by atoms with van der Waals surface area (Å²) in [4.78, 5) is 4.73. The van der Waals surface area contributed by atoms with E-state index in [0.29, 0.717) is 12.5 Å². The normalized spacial score (nSPS) is 22.6. The van der Waals surface area contributed by atoms with Crippen molar-refractivity contribution in [2.24, 2.45) is 0 Å². The molecule has 21 heavy (non-hydrogen) atoms. The molecule has 1 atom stereocenters. The topological polar surface area (TPSA) is 60.0 Å². The zero-order valence-corrected chi connectivity index (χ0v) is 11.9. The zero-order valence-electron chi connectivity index (χ0n) is 11.9. The highest BCUT2D eigenvalue weighted by Crippen LogP contribution is 2.32. The molecule has 1 aromatic heterocycles. The van der Waals surface area contributed by atoms with E-state index in [-0.39, 0.29) is 5.92 Å². The van der Waals surface area contributed by atoms with Gasteiger partial charge in [0.2, 0.25) is 0 Å². The molecule has 0 spiro atoms. The van der Waals surface area contributed by atoms with Crippen LogP contribution in [-0.2, 0) is 11.2 Å². The van der Waals surface area contributed by atoms with E-state index < -0.39 is 0 Å². The first-order valence-corrected chi connectivity index (χ1v) is 7.61. The van der Waals surface area contributed by atoms with E-state index in [1.54, 1.807) is 0 Å². The lowest BCUT2D eigenvalue weighted by molar-refractivity contribution is 0.0836. The second kappa shape index (κ2) is 5.48. The molecule has 3 heterocycles. The van der Waals surface area contributed by atoms with Gasteiger partial charge in [0, 0.05) is 19.1 Å². The number of para-hydroxylation sites is 1. The van der Waals surface area contributed by atoms with Crippen molar-refractivity contribution < 1.29 is 9.47 Å². The van der Waals surface area contributed by atoms with Crippen molar-refractivity contribution in [3.63, 3.8) is 0 Å². The lowest BCUT2D eigenvalue weighted by Crippen LogP contribution is -2.20. The average Bonchev–Trinajstić information content (AvgIpc) is 3.05. The molecule has 5 nitrogen and oxygen atoms in total. The molecule has 2 aliphatic rings. The molecular weight excluding hydrogens is 266 g/mol. The second-order valence-electron chi connectivity index (χ2n) is 5.79. The fourth-order valence-electron chi connectivity index (χ4n) is 3.12. The van der Waals surface area contributed by atoms with Crippen molar-refractivity contribution in [1.82, 2.24) is 15.2 Å². The van der Waals surface area contributed by atoms with Crippen molar-refractivity contribution in [1.29, 1.82) is 0 Å². The molecule has 0 aliphatic carbocycles. The summed E-state index contributed by atoms with van der Waals surface area (Å²) in [6.07, 6.45) is 3.00. The summed E-state index contributed by atoms with van der Waals surface area (Å²) in [5, 5.41) is 7.56. The van der Waals surface area contributed by atoms with Gasteiger partial charge in [-0.2, -0.15) is 5.10 Å². The van der Waals surface area contributed by atoms with E-state index in [2.05, 4.69) is 22.3 Å². The Labute approximate surface area is 123 Å². The van der Waals surface area contributed by atoms with Gasteiger partial charge in [0.15, 0.2) is 5.82 Å². The van der Waals surface area contributed by atoms with Gasteiger partial charge in [-0.3, -0.25) is 5.10 Å². The molecule has 5 heteroatoms. The Morgan fingerprint density at radius 3 is 2.86 bits per heavy atom. The standard InChI is InChI=1S/C16H19N3O2/c1-2-4-14-12(3-1)9-13(10-21-14)16-17-15(18-19-16)11-5-7-20-8-6-11/h1-4,11,13H,5-10H2,(H,17,18,19)/t13-/m0/s1. The molecule has 4 rings (SSSR count). The summed E-state index contributed by atoms with van der Waals surface area (Å²) in [5.74, 6) is 3.58. The molecule has 2 aromatic rings. The average molecular weight is 285 g/mol. The number of rotatable bonds is 2. The lowest BCUT2D eigenvalue weighted by atomic mass is 9.96. The number of ether oxygens (including phenoxy) is 2. The lowest BCUT2D eigenvalue weighted by Gasteiger charge is -2.23. The molecule has 1 saturated heterocycles. The van der Waals surface area contributed by atoms with Crippen molar-refractivity contribution >= 4 is 0 Å². The van der Waals surface area contributed by atoms with E-state index in [1.165, 1.54) is 5.56 Å². The quantitative estimate of drug-likeness (QED) is 0.920. The highest BCUT2D eigenvalue weighted by Gasteiger charge is 2.26.